The summed E-state index contributed by atoms with van der Waals surface area (Å²) in [5.41, 5.74) is 4.42. The third-order valence-corrected chi connectivity index (χ3v) is 8.66. The van der Waals surface area contributed by atoms with Crippen LogP contribution in [0.1, 0.15) is 55.1 Å². The highest BCUT2D eigenvalue weighted by Crippen LogP contribution is 2.34. The number of rotatable bonds is 7. The molecule has 1 atom stereocenters. The lowest BCUT2D eigenvalue weighted by atomic mass is 9.84. The number of fused-ring (bicyclic) bond motifs is 1. The Labute approximate surface area is 219 Å². The maximum atomic E-state index is 14.3. The van der Waals surface area contributed by atoms with E-state index in [9.17, 15) is 9.18 Å². The van der Waals surface area contributed by atoms with Crippen LogP contribution in [0.25, 0.3) is 16.6 Å². The molecule has 0 saturated carbocycles. The molecule has 2 saturated heterocycles. The Balaban J connectivity index is 1.44. The second-order valence-corrected chi connectivity index (χ2v) is 11.4. The van der Waals surface area contributed by atoms with Crippen LogP contribution < -0.4 is 5.32 Å². The Kier molecular flexibility index (Phi) is 7.37. The van der Waals surface area contributed by atoms with Gasteiger partial charge in [-0.25, -0.2) is 4.39 Å². The molecule has 0 bridgehead atoms. The molecule has 3 aromatic rings. The highest BCUT2D eigenvalue weighted by molar-refractivity contribution is 5.99. The number of pyridine rings is 1. The number of likely N-dealkylation sites (tertiary alicyclic amines) is 1. The first-order chi connectivity index (χ1) is 17.7. The Morgan fingerprint density at radius 2 is 1.92 bits per heavy atom. The van der Waals surface area contributed by atoms with Crippen molar-refractivity contribution in [1.29, 1.82) is 0 Å². The van der Waals surface area contributed by atoms with Gasteiger partial charge >= 0.3 is 0 Å². The van der Waals surface area contributed by atoms with Crippen molar-refractivity contribution in [3.05, 3.63) is 59.3 Å². The van der Waals surface area contributed by atoms with Gasteiger partial charge < -0.3 is 14.8 Å². The molecule has 1 amide bonds. The quantitative estimate of drug-likeness (QED) is 0.501. The molecule has 1 N–H and O–H groups in total. The molecule has 1 aromatic carbocycles. The predicted molar refractivity (Wildman–Crippen MR) is 147 cm³/mol. The van der Waals surface area contributed by atoms with Crippen molar-refractivity contribution in [2.45, 2.75) is 59.0 Å². The van der Waals surface area contributed by atoms with Gasteiger partial charge in [0.25, 0.3) is 5.91 Å². The van der Waals surface area contributed by atoms with E-state index in [1.54, 1.807) is 18.0 Å². The molecule has 2 aliphatic rings. The fourth-order valence-corrected chi connectivity index (χ4v) is 6.12. The summed E-state index contributed by atoms with van der Waals surface area (Å²) in [5.74, 6) is 0.802. The molecule has 5 rings (SSSR count). The van der Waals surface area contributed by atoms with Crippen molar-refractivity contribution >= 4 is 16.8 Å². The summed E-state index contributed by atoms with van der Waals surface area (Å²) in [7, 11) is 1.76. The number of hydrogen-bond acceptors (Lipinski definition) is 4. The molecule has 7 heteroatoms. The Morgan fingerprint density at radius 1 is 1.19 bits per heavy atom. The number of amides is 1. The van der Waals surface area contributed by atoms with Crippen LogP contribution >= 0.6 is 0 Å². The van der Waals surface area contributed by atoms with Crippen LogP contribution in [0.15, 0.2) is 36.8 Å². The number of benzene rings is 1. The molecule has 0 aliphatic carbocycles. The second-order valence-electron chi connectivity index (χ2n) is 11.4. The Bertz CT molecular complexity index is 1270. The maximum Gasteiger partial charge on any atom is 0.256 e. The van der Waals surface area contributed by atoms with E-state index in [2.05, 4.69) is 35.2 Å². The van der Waals surface area contributed by atoms with E-state index < -0.39 is 5.82 Å². The molecule has 37 heavy (non-hydrogen) atoms. The third-order valence-electron chi connectivity index (χ3n) is 8.66. The zero-order valence-corrected chi connectivity index (χ0v) is 22.8. The van der Waals surface area contributed by atoms with Crippen LogP contribution in [0.2, 0.25) is 0 Å². The zero-order chi connectivity index (χ0) is 26.3. The van der Waals surface area contributed by atoms with Crippen LogP contribution in [0.3, 0.4) is 0 Å². The SMILES string of the molecule is Cc1cncc2c1c(CC1CN([C@H](C)C3CCNCC3)C1)cn2-c1ccc(F)cc1C(=O)N(C)C(C)C. The van der Waals surface area contributed by atoms with E-state index in [1.165, 1.54) is 35.9 Å². The average Bonchev–Trinajstić information content (AvgIpc) is 3.24. The number of carbonyl (C=O) groups excluding carboxylic acids is 1. The number of nitrogens with zero attached hydrogens (tertiary/aromatic N) is 4. The van der Waals surface area contributed by atoms with Gasteiger partial charge in [-0.1, -0.05) is 0 Å². The number of carbonyl (C=O) groups is 1. The summed E-state index contributed by atoms with van der Waals surface area (Å²) >= 11 is 0. The normalized spacial score (nSPS) is 18.4. The standard InChI is InChI=1S/C30H40FN5O/c1-19(2)34(5)30(37)26-13-25(31)6-7-27(26)36-18-24(29-20(3)14-33-15-28(29)36)12-22-16-35(17-22)21(4)23-8-10-32-11-9-23/h6-7,13-15,18-19,21-23,32H,8-12,16-17H2,1-5H3/t21-/m1/s1. The van der Waals surface area contributed by atoms with Gasteiger partial charge in [-0.3, -0.25) is 14.7 Å². The lowest BCUT2D eigenvalue weighted by Crippen LogP contribution is -2.55. The number of piperidine rings is 1. The van der Waals surface area contributed by atoms with Crippen molar-refractivity contribution in [2.75, 3.05) is 33.2 Å². The molecule has 198 valence electrons. The van der Waals surface area contributed by atoms with Crippen LogP contribution in [0.4, 0.5) is 4.39 Å². The molecule has 0 spiro atoms. The summed E-state index contributed by atoms with van der Waals surface area (Å²) in [6.45, 7) is 12.9. The van der Waals surface area contributed by atoms with E-state index >= 15 is 0 Å². The highest BCUT2D eigenvalue weighted by atomic mass is 19.1. The lowest BCUT2D eigenvalue weighted by Gasteiger charge is -2.46. The third kappa shape index (κ3) is 5.04. The van der Waals surface area contributed by atoms with E-state index in [4.69, 9.17) is 0 Å². The van der Waals surface area contributed by atoms with Crippen molar-refractivity contribution in [2.24, 2.45) is 11.8 Å². The van der Waals surface area contributed by atoms with Gasteiger partial charge in [0.2, 0.25) is 0 Å². The van der Waals surface area contributed by atoms with Gasteiger partial charge in [0, 0.05) is 50.0 Å². The van der Waals surface area contributed by atoms with E-state index in [-0.39, 0.29) is 11.9 Å². The van der Waals surface area contributed by atoms with E-state index in [0.717, 1.165) is 49.6 Å². The highest BCUT2D eigenvalue weighted by Gasteiger charge is 2.35. The second kappa shape index (κ2) is 10.5. The van der Waals surface area contributed by atoms with Gasteiger partial charge in [0.1, 0.15) is 5.82 Å². The van der Waals surface area contributed by atoms with Crippen LogP contribution in [0.5, 0.6) is 0 Å². The lowest BCUT2D eigenvalue weighted by molar-refractivity contribution is 0.0261. The largest absolute Gasteiger partial charge is 0.339 e. The first-order valence-corrected chi connectivity index (χ1v) is 13.7. The number of hydrogen-bond donors (Lipinski definition) is 1. The fourth-order valence-electron chi connectivity index (χ4n) is 6.12. The van der Waals surface area contributed by atoms with Crippen LogP contribution in [0, 0.1) is 24.6 Å². The summed E-state index contributed by atoms with van der Waals surface area (Å²) in [5, 5.41) is 4.67. The molecule has 4 heterocycles. The van der Waals surface area contributed by atoms with Gasteiger partial charge in [0.05, 0.1) is 23.0 Å². The van der Waals surface area contributed by atoms with Gasteiger partial charge in [0.15, 0.2) is 0 Å². The molecule has 0 radical (unpaired) electrons. The van der Waals surface area contributed by atoms with E-state index in [1.807, 2.05) is 30.8 Å². The van der Waals surface area contributed by atoms with Gasteiger partial charge in [-0.15, -0.1) is 0 Å². The van der Waals surface area contributed by atoms with Gasteiger partial charge in [-0.2, -0.15) is 0 Å². The average molecular weight is 506 g/mol. The van der Waals surface area contributed by atoms with Crippen molar-refractivity contribution in [3.63, 3.8) is 0 Å². The topological polar surface area (TPSA) is 53.4 Å². The smallest absolute Gasteiger partial charge is 0.256 e. The number of aromatic nitrogens is 2. The molecule has 0 unspecified atom stereocenters. The summed E-state index contributed by atoms with van der Waals surface area (Å²) in [6, 6.07) is 5.16. The summed E-state index contributed by atoms with van der Waals surface area (Å²) in [4.78, 5) is 22.1. The molecule has 6 nitrogen and oxygen atoms in total. The van der Waals surface area contributed by atoms with Gasteiger partial charge in [-0.05, 0) is 101 Å². The first-order valence-electron chi connectivity index (χ1n) is 13.7. The Morgan fingerprint density at radius 3 is 2.62 bits per heavy atom. The van der Waals surface area contributed by atoms with Crippen LogP contribution in [-0.4, -0.2) is 70.6 Å². The minimum absolute atomic E-state index is 0.0123. The molecule has 2 aliphatic heterocycles. The van der Waals surface area contributed by atoms with Crippen molar-refractivity contribution in [1.82, 2.24) is 24.7 Å². The molecule has 2 fully saturated rings. The van der Waals surface area contributed by atoms with E-state index in [0.29, 0.717) is 23.2 Å². The molecular weight excluding hydrogens is 465 g/mol. The summed E-state index contributed by atoms with van der Waals surface area (Å²) in [6.07, 6.45) is 9.45. The maximum absolute atomic E-state index is 14.3. The summed E-state index contributed by atoms with van der Waals surface area (Å²) < 4.78 is 16.4. The minimum Gasteiger partial charge on any atom is -0.339 e. The van der Waals surface area contributed by atoms with Crippen molar-refractivity contribution < 1.29 is 9.18 Å². The van der Waals surface area contributed by atoms with Crippen molar-refractivity contribution in [3.8, 4) is 5.69 Å². The molecular formula is C30H40FN5O. The monoisotopic (exact) mass is 505 g/mol. The van der Waals surface area contributed by atoms with Crippen LogP contribution in [-0.2, 0) is 6.42 Å². The minimum atomic E-state index is -0.410. The predicted octanol–water partition coefficient (Wildman–Crippen LogP) is 4.82. The number of aryl methyl sites for hydroxylation is 1. The molecule has 2 aromatic heterocycles. The zero-order valence-electron chi connectivity index (χ0n) is 22.8. The Hall–Kier alpha value is -2.77. The fraction of sp³-hybridized carbons (Fsp3) is 0.533. The first kappa shape index (κ1) is 25.9. The number of nitrogens with one attached hydrogen (secondary N) is 1. The number of halogens is 1.